The first kappa shape index (κ1) is 24.6. The first-order chi connectivity index (χ1) is 14.4. The molecule has 0 atom stereocenters. The van der Waals surface area contributed by atoms with Gasteiger partial charge in [-0.05, 0) is 49.1 Å². The zero-order valence-corrected chi connectivity index (χ0v) is 20.8. The summed E-state index contributed by atoms with van der Waals surface area (Å²) in [7, 11) is 2.77. The molecule has 0 aliphatic heterocycles. The predicted octanol–water partition coefficient (Wildman–Crippen LogP) is 6.74. The highest BCUT2D eigenvalue weighted by Gasteiger charge is 2.17. The number of halogens is 4. The van der Waals surface area contributed by atoms with Gasteiger partial charge in [0, 0.05) is 12.1 Å². The molecular weight excluding hydrogens is 563 g/mol. The molecule has 0 saturated carbocycles. The van der Waals surface area contributed by atoms with E-state index in [0.717, 1.165) is 8.96 Å². The fourth-order valence-electron chi connectivity index (χ4n) is 2.47. The molecule has 0 N–H and O–H groups in total. The van der Waals surface area contributed by atoms with Crippen LogP contribution in [0.3, 0.4) is 0 Å². The summed E-state index contributed by atoms with van der Waals surface area (Å²) in [6.07, 6.45) is 3.10. The molecule has 0 amide bonds. The molecule has 9 heteroatoms. The van der Waals surface area contributed by atoms with Crippen molar-refractivity contribution >= 4 is 66.6 Å². The maximum atomic E-state index is 12.1. The van der Waals surface area contributed by atoms with Crippen LogP contribution in [-0.2, 0) is 20.9 Å². The smallest absolute Gasteiger partial charge is 0.341 e. The van der Waals surface area contributed by atoms with Crippen molar-refractivity contribution in [2.75, 3.05) is 20.8 Å². The van der Waals surface area contributed by atoms with Gasteiger partial charge >= 0.3 is 5.97 Å². The van der Waals surface area contributed by atoms with Gasteiger partial charge in [-0.25, -0.2) is 4.79 Å². The van der Waals surface area contributed by atoms with Crippen LogP contribution in [0.25, 0.3) is 5.57 Å². The standard InChI is InChI=1S/C21H18Br2Cl2O5/c1-27-12-16(21(26)28-2)15-6-4-3-5-13(15)11-30-14-9-17(24)20(18(25)10-14)29-8-7-19(22)23/h3-7,9-10,12H,8,11H2,1-2H3/b16-12+. The lowest BCUT2D eigenvalue weighted by Gasteiger charge is -2.14. The van der Waals surface area contributed by atoms with Crippen molar-refractivity contribution in [3.8, 4) is 11.5 Å². The molecule has 2 aromatic carbocycles. The molecule has 0 aromatic heterocycles. The molecule has 5 nitrogen and oxygen atoms in total. The van der Waals surface area contributed by atoms with Crippen molar-refractivity contribution in [2.24, 2.45) is 0 Å². The first-order valence-electron chi connectivity index (χ1n) is 8.52. The van der Waals surface area contributed by atoms with Crippen LogP contribution < -0.4 is 9.47 Å². The van der Waals surface area contributed by atoms with E-state index in [0.29, 0.717) is 27.1 Å². The summed E-state index contributed by atoms with van der Waals surface area (Å²) >= 11 is 19.1. The molecule has 160 valence electrons. The molecule has 2 rings (SSSR count). The minimum atomic E-state index is -0.513. The molecule has 0 heterocycles. The molecule has 0 fully saturated rings. The minimum Gasteiger partial charge on any atom is -0.503 e. The topological polar surface area (TPSA) is 54.0 Å². The Hall–Kier alpha value is -1.67. The van der Waals surface area contributed by atoms with E-state index in [1.807, 2.05) is 18.2 Å². The normalized spacial score (nSPS) is 10.9. The minimum absolute atomic E-state index is 0.167. The van der Waals surface area contributed by atoms with E-state index in [-0.39, 0.29) is 18.8 Å². The van der Waals surface area contributed by atoms with E-state index in [1.54, 1.807) is 24.3 Å². The fourth-order valence-corrected chi connectivity index (χ4v) is 3.31. The molecule has 0 aliphatic carbocycles. The van der Waals surface area contributed by atoms with Crippen molar-refractivity contribution in [1.82, 2.24) is 0 Å². The van der Waals surface area contributed by atoms with Gasteiger partial charge in [-0.1, -0.05) is 47.5 Å². The Morgan fingerprint density at radius 1 is 1.07 bits per heavy atom. The highest BCUT2D eigenvalue weighted by molar-refractivity contribution is 9.28. The van der Waals surface area contributed by atoms with Crippen molar-refractivity contribution in [3.63, 3.8) is 0 Å². The Balaban J connectivity index is 2.21. The van der Waals surface area contributed by atoms with E-state index < -0.39 is 5.97 Å². The number of esters is 1. The van der Waals surface area contributed by atoms with Gasteiger partial charge in [0.15, 0.2) is 5.75 Å². The van der Waals surface area contributed by atoms with Crippen molar-refractivity contribution in [1.29, 1.82) is 0 Å². The summed E-state index contributed by atoms with van der Waals surface area (Å²) in [5, 5.41) is 0.638. The highest BCUT2D eigenvalue weighted by Crippen LogP contribution is 2.37. The number of hydrogen-bond donors (Lipinski definition) is 0. The summed E-state index contributed by atoms with van der Waals surface area (Å²) < 4.78 is 22.1. The average Bonchev–Trinajstić information content (AvgIpc) is 2.72. The van der Waals surface area contributed by atoms with Gasteiger partial charge in [0.2, 0.25) is 0 Å². The highest BCUT2D eigenvalue weighted by atomic mass is 79.9. The van der Waals surface area contributed by atoms with Crippen LogP contribution in [0.5, 0.6) is 11.5 Å². The molecule has 0 saturated heterocycles. The Morgan fingerprint density at radius 3 is 2.33 bits per heavy atom. The van der Waals surface area contributed by atoms with Crippen LogP contribution >= 0.6 is 55.1 Å². The molecular formula is C21H18Br2Cl2O5. The van der Waals surface area contributed by atoms with Crippen molar-refractivity contribution in [3.05, 3.63) is 73.3 Å². The molecule has 30 heavy (non-hydrogen) atoms. The average molecular weight is 581 g/mol. The van der Waals surface area contributed by atoms with E-state index in [9.17, 15) is 4.79 Å². The van der Waals surface area contributed by atoms with Crippen LogP contribution in [0.1, 0.15) is 11.1 Å². The number of rotatable bonds is 9. The van der Waals surface area contributed by atoms with E-state index in [4.69, 9.17) is 42.1 Å². The number of hydrogen-bond acceptors (Lipinski definition) is 5. The maximum Gasteiger partial charge on any atom is 0.341 e. The summed E-state index contributed by atoms with van der Waals surface area (Å²) in [5.41, 5.74) is 1.67. The monoisotopic (exact) mass is 578 g/mol. The second-order valence-corrected chi connectivity index (χ2v) is 9.31. The Morgan fingerprint density at radius 2 is 1.73 bits per heavy atom. The van der Waals surface area contributed by atoms with Crippen molar-refractivity contribution < 1.29 is 23.7 Å². The summed E-state index contributed by atoms with van der Waals surface area (Å²) in [5.74, 6) is 0.306. The van der Waals surface area contributed by atoms with Gasteiger partial charge in [-0.2, -0.15) is 0 Å². The molecule has 0 spiro atoms. The third-order valence-corrected chi connectivity index (χ3v) is 4.99. The van der Waals surface area contributed by atoms with Gasteiger partial charge in [-0.3, -0.25) is 0 Å². The van der Waals surface area contributed by atoms with Gasteiger partial charge < -0.3 is 18.9 Å². The molecule has 0 bridgehead atoms. The third kappa shape index (κ3) is 6.94. The maximum absolute atomic E-state index is 12.1. The summed E-state index contributed by atoms with van der Waals surface area (Å²) in [6, 6.07) is 10.5. The fraction of sp³-hybridized carbons (Fsp3) is 0.190. The lowest BCUT2D eigenvalue weighted by atomic mass is 10.0. The molecule has 0 aliphatic rings. The number of carbonyl (C=O) groups excluding carboxylic acids is 1. The number of benzene rings is 2. The lowest BCUT2D eigenvalue weighted by Crippen LogP contribution is -2.08. The van der Waals surface area contributed by atoms with Crippen LogP contribution in [0, 0.1) is 0 Å². The third-order valence-electron chi connectivity index (χ3n) is 3.78. The van der Waals surface area contributed by atoms with Crippen LogP contribution in [-0.4, -0.2) is 26.8 Å². The summed E-state index contributed by atoms with van der Waals surface area (Å²) in [6.45, 7) is 0.446. The van der Waals surface area contributed by atoms with Crippen LogP contribution in [0.4, 0.5) is 0 Å². The SMILES string of the molecule is CO/C=C(/C(=O)OC)c1ccccc1COc1cc(Cl)c(OCC=C(Br)Br)c(Cl)c1. The van der Waals surface area contributed by atoms with E-state index >= 15 is 0 Å². The first-order valence-corrected chi connectivity index (χ1v) is 10.9. The molecule has 0 radical (unpaired) electrons. The lowest BCUT2D eigenvalue weighted by molar-refractivity contribution is -0.133. The van der Waals surface area contributed by atoms with Crippen LogP contribution in [0.2, 0.25) is 10.0 Å². The van der Waals surface area contributed by atoms with Crippen molar-refractivity contribution in [2.45, 2.75) is 6.61 Å². The van der Waals surface area contributed by atoms with Gasteiger partial charge in [0.1, 0.15) is 24.5 Å². The second kappa shape index (κ2) is 12.2. The largest absolute Gasteiger partial charge is 0.503 e. The van der Waals surface area contributed by atoms with Gasteiger partial charge in [-0.15, -0.1) is 0 Å². The number of ether oxygens (including phenoxy) is 4. The molecule has 2 aromatic rings. The quantitative estimate of drug-likeness (QED) is 0.187. The Labute approximate surface area is 201 Å². The zero-order valence-electron chi connectivity index (χ0n) is 16.1. The van der Waals surface area contributed by atoms with Crippen LogP contribution in [0.15, 0.2) is 52.1 Å². The van der Waals surface area contributed by atoms with E-state index in [1.165, 1.54) is 20.5 Å². The number of methoxy groups -OCH3 is 2. The van der Waals surface area contributed by atoms with Gasteiger partial charge in [0.05, 0.1) is 33.9 Å². The zero-order chi connectivity index (χ0) is 22.1. The molecule has 0 unspecified atom stereocenters. The number of carbonyl (C=O) groups is 1. The second-order valence-electron chi connectivity index (χ2n) is 5.73. The Bertz CT molecular complexity index is 933. The van der Waals surface area contributed by atoms with Gasteiger partial charge in [0.25, 0.3) is 0 Å². The predicted molar refractivity (Wildman–Crippen MR) is 126 cm³/mol. The van der Waals surface area contributed by atoms with E-state index in [2.05, 4.69) is 31.9 Å². The summed E-state index contributed by atoms with van der Waals surface area (Å²) in [4.78, 5) is 12.1. The Kier molecular flexibility index (Phi) is 10.0.